The lowest BCUT2D eigenvalue weighted by molar-refractivity contribution is -0.116. The molecule has 0 aliphatic heterocycles. The van der Waals surface area contributed by atoms with Gasteiger partial charge in [0.15, 0.2) is 0 Å². The number of rotatable bonds is 8. The van der Waals surface area contributed by atoms with E-state index >= 15 is 0 Å². The molecule has 0 spiro atoms. The molecule has 0 atom stereocenters. The number of nitrogens with one attached hydrogen (secondary N) is 1. The van der Waals surface area contributed by atoms with Crippen molar-refractivity contribution < 1.29 is 18.7 Å². The number of hydrogen-bond acceptors (Lipinski definition) is 4. The first-order valence-corrected chi connectivity index (χ1v) is 9.33. The standard InChI is InChI=1S/C23H25NO4/c1-4-27-21-14-22-19(20(15-28-22)17-8-6-5-7-9-17)13-18(21)16(2)12-23(25)24-10-11-26-3/h5-9,12-15H,4,10-11H2,1-3H3,(H,24,25)/b16-12+. The molecule has 3 aromatic rings. The van der Waals surface area contributed by atoms with E-state index in [1.807, 2.05) is 56.3 Å². The zero-order chi connectivity index (χ0) is 19.9. The second-order valence-corrected chi connectivity index (χ2v) is 6.40. The summed E-state index contributed by atoms with van der Waals surface area (Å²) in [5.74, 6) is 0.537. The predicted molar refractivity (Wildman–Crippen MR) is 111 cm³/mol. The van der Waals surface area contributed by atoms with E-state index in [0.29, 0.717) is 25.5 Å². The summed E-state index contributed by atoms with van der Waals surface area (Å²) in [6.45, 7) is 5.31. The number of benzene rings is 2. The normalized spacial score (nSPS) is 11.6. The Kier molecular flexibility index (Phi) is 6.50. The van der Waals surface area contributed by atoms with Crippen LogP contribution in [0.1, 0.15) is 19.4 Å². The van der Waals surface area contributed by atoms with Gasteiger partial charge in [-0.3, -0.25) is 4.79 Å². The summed E-state index contributed by atoms with van der Waals surface area (Å²) in [6.07, 6.45) is 3.34. The first-order chi connectivity index (χ1) is 13.6. The maximum absolute atomic E-state index is 12.2. The highest BCUT2D eigenvalue weighted by molar-refractivity contribution is 6.00. The first kappa shape index (κ1) is 19.7. The summed E-state index contributed by atoms with van der Waals surface area (Å²) >= 11 is 0. The Balaban J connectivity index is 2.01. The quantitative estimate of drug-likeness (QED) is 0.457. The Labute approximate surface area is 164 Å². The second kappa shape index (κ2) is 9.24. The summed E-state index contributed by atoms with van der Waals surface area (Å²) in [7, 11) is 1.60. The molecular formula is C23H25NO4. The largest absolute Gasteiger partial charge is 0.493 e. The molecule has 0 fully saturated rings. The number of furan rings is 1. The predicted octanol–water partition coefficient (Wildman–Crippen LogP) is 4.66. The molecule has 0 saturated carbocycles. The molecule has 28 heavy (non-hydrogen) atoms. The third-order valence-corrected chi connectivity index (χ3v) is 4.44. The number of ether oxygens (including phenoxy) is 2. The molecule has 1 aromatic heterocycles. The molecular weight excluding hydrogens is 354 g/mol. The lowest BCUT2D eigenvalue weighted by Crippen LogP contribution is -2.25. The lowest BCUT2D eigenvalue weighted by Gasteiger charge is -2.12. The highest BCUT2D eigenvalue weighted by atomic mass is 16.5. The molecule has 0 unspecified atom stereocenters. The molecule has 5 nitrogen and oxygen atoms in total. The topological polar surface area (TPSA) is 60.7 Å². The molecule has 0 bridgehead atoms. The molecule has 3 rings (SSSR count). The van der Waals surface area contributed by atoms with Gasteiger partial charge in [-0.15, -0.1) is 0 Å². The van der Waals surface area contributed by atoms with E-state index in [1.165, 1.54) is 0 Å². The van der Waals surface area contributed by atoms with Gasteiger partial charge in [0.1, 0.15) is 11.3 Å². The Bertz CT molecular complexity index is 973. The Morgan fingerprint density at radius 3 is 2.71 bits per heavy atom. The summed E-state index contributed by atoms with van der Waals surface area (Å²) in [5, 5.41) is 3.79. The Hall–Kier alpha value is -3.05. The molecule has 1 amide bonds. The van der Waals surface area contributed by atoms with Gasteiger partial charge in [-0.2, -0.15) is 0 Å². The second-order valence-electron chi connectivity index (χ2n) is 6.40. The molecule has 5 heteroatoms. The van der Waals surface area contributed by atoms with Crippen LogP contribution in [0.25, 0.3) is 27.7 Å². The molecule has 0 radical (unpaired) electrons. The summed E-state index contributed by atoms with van der Waals surface area (Å²) in [4.78, 5) is 12.2. The zero-order valence-electron chi connectivity index (χ0n) is 16.5. The third kappa shape index (κ3) is 4.43. The van der Waals surface area contributed by atoms with Gasteiger partial charge in [0.25, 0.3) is 0 Å². The van der Waals surface area contributed by atoms with E-state index in [1.54, 1.807) is 19.4 Å². The molecule has 0 saturated heterocycles. The van der Waals surface area contributed by atoms with Gasteiger partial charge in [-0.25, -0.2) is 0 Å². The van der Waals surface area contributed by atoms with Gasteiger partial charge in [-0.1, -0.05) is 30.3 Å². The minimum atomic E-state index is -0.160. The highest BCUT2D eigenvalue weighted by Gasteiger charge is 2.15. The fourth-order valence-corrected chi connectivity index (χ4v) is 3.08. The minimum absolute atomic E-state index is 0.160. The van der Waals surface area contributed by atoms with Gasteiger partial charge in [-0.05, 0) is 31.1 Å². The van der Waals surface area contributed by atoms with Crippen LogP contribution in [-0.2, 0) is 9.53 Å². The number of carbonyl (C=O) groups is 1. The fraction of sp³-hybridized carbons (Fsp3) is 0.261. The van der Waals surface area contributed by atoms with Crippen molar-refractivity contribution in [3.05, 3.63) is 60.4 Å². The van der Waals surface area contributed by atoms with Gasteiger partial charge >= 0.3 is 0 Å². The van der Waals surface area contributed by atoms with Crippen LogP contribution < -0.4 is 10.1 Å². The van der Waals surface area contributed by atoms with E-state index in [2.05, 4.69) is 5.32 Å². The van der Waals surface area contributed by atoms with Crippen LogP contribution in [0, 0.1) is 0 Å². The molecule has 146 valence electrons. The zero-order valence-corrected chi connectivity index (χ0v) is 16.5. The summed E-state index contributed by atoms with van der Waals surface area (Å²) < 4.78 is 16.5. The smallest absolute Gasteiger partial charge is 0.244 e. The summed E-state index contributed by atoms with van der Waals surface area (Å²) in [5.41, 5.74) is 4.53. The molecule has 0 aliphatic rings. The van der Waals surface area contributed by atoms with E-state index in [0.717, 1.165) is 33.2 Å². The average molecular weight is 379 g/mol. The number of hydrogen-bond donors (Lipinski definition) is 1. The number of amides is 1. The third-order valence-electron chi connectivity index (χ3n) is 4.44. The van der Waals surface area contributed by atoms with Crippen molar-refractivity contribution in [3.63, 3.8) is 0 Å². The molecule has 1 N–H and O–H groups in total. The van der Waals surface area contributed by atoms with Crippen molar-refractivity contribution in [1.82, 2.24) is 5.32 Å². The SMILES string of the molecule is CCOc1cc2occ(-c3ccccc3)c2cc1/C(C)=C/C(=O)NCCOC. The maximum Gasteiger partial charge on any atom is 0.244 e. The number of fused-ring (bicyclic) bond motifs is 1. The summed E-state index contributed by atoms with van der Waals surface area (Å²) in [6, 6.07) is 14.0. The minimum Gasteiger partial charge on any atom is -0.493 e. The number of carbonyl (C=O) groups excluding carboxylic acids is 1. The van der Waals surface area contributed by atoms with Gasteiger partial charge < -0.3 is 19.2 Å². The maximum atomic E-state index is 12.2. The Morgan fingerprint density at radius 2 is 2.00 bits per heavy atom. The van der Waals surface area contributed by atoms with Crippen LogP contribution in [0.5, 0.6) is 5.75 Å². The van der Waals surface area contributed by atoms with Crippen LogP contribution in [-0.4, -0.2) is 32.8 Å². The van der Waals surface area contributed by atoms with E-state index in [4.69, 9.17) is 13.9 Å². The molecule has 0 aliphatic carbocycles. The Morgan fingerprint density at radius 1 is 1.21 bits per heavy atom. The van der Waals surface area contributed by atoms with E-state index in [-0.39, 0.29) is 5.91 Å². The molecule has 2 aromatic carbocycles. The van der Waals surface area contributed by atoms with Crippen LogP contribution in [0.2, 0.25) is 0 Å². The monoisotopic (exact) mass is 379 g/mol. The average Bonchev–Trinajstić information content (AvgIpc) is 3.11. The molecule has 1 heterocycles. The van der Waals surface area contributed by atoms with Gasteiger partial charge in [0.2, 0.25) is 5.91 Å². The van der Waals surface area contributed by atoms with Crippen molar-refractivity contribution in [2.45, 2.75) is 13.8 Å². The van der Waals surface area contributed by atoms with Crippen molar-refractivity contribution in [1.29, 1.82) is 0 Å². The lowest BCUT2D eigenvalue weighted by atomic mass is 9.99. The number of methoxy groups -OCH3 is 1. The van der Waals surface area contributed by atoms with Gasteiger partial charge in [0, 0.05) is 42.3 Å². The van der Waals surface area contributed by atoms with Crippen molar-refractivity contribution in [2.75, 3.05) is 26.9 Å². The van der Waals surface area contributed by atoms with Crippen molar-refractivity contribution >= 4 is 22.4 Å². The highest BCUT2D eigenvalue weighted by Crippen LogP contribution is 2.37. The van der Waals surface area contributed by atoms with Crippen LogP contribution in [0.15, 0.2) is 59.2 Å². The van der Waals surface area contributed by atoms with Crippen molar-refractivity contribution in [3.8, 4) is 16.9 Å². The fourth-order valence-electron chi connectivity index (χ4n) is 3.08. The van der Waals surface area contributed by atoms with E-state index in [9.17, 15) is 4.79 Å². The first-order valence-electron chi connectivity index (χ1n) is 9.33. The van der Waals surface area contributed by atoms with Crippen LogP contribution >= 0.6 is 0 Å². The van der Waals surface area contributed by atoms with Crippen molar-refractivity contribution in [2.24, 2.45) is 0 Å². The van der Waals surface area contributed by atoms with Crippen LogP contribution in [0.4, 0.5) is 0 Å². The van der Waals surface area contributed by atoms with Gasteiger partial charge in [0.05, 0.1) is 19.5 Å². The van der Waals surface area contributed by atoms with Crippen LogP contribution in [0.3, 0.4) is 0 Å². The number of allylic oxidation sites excluding steroid dienone is 1. The van der Waals surface area contributed by atoms with E-state index < -0.39 is 0 Å².